The maximum absolute atomic E-state index is 12.2. The lowest BCUT2D eigenvalue weighted by molar-refractivity contribution is -0.116. The lowest BCUT2D eigenvalue weighted by Crippen LogP contribution is -2.39. The van der Waals surface area contributed by atoms with Crippen LogP contribution in [0.25, 0.3) is 0 Å². The smallest absolute Gasteiger partial charge is 0.255 e. The van der Waals surface area contributed by atoms with E-state index in [-0.39, 0.29) is 17.9 Å². The van der Waals surface area contributed by atoms with Crippen LogP contribution >= 0.6 is 11.8 Å². The molecule has 3 N–H and O–H groups in total. The van der Waals surface area contributed by atoms with E-state index in [2.05, 4.69) is 20.9 Å². The number of hydrogen-bond donors (Lipinski definition) is 3. The van der Waals surface area contributed by atoms with Gasteiger partial charge in [0.05, 0.1) is 11.9 Å². The van der Waals surface area contributed by atoms with Gasteiger partial charge in [0.2, 0.25) is 5.91 Å². The maximum Gasteiger partial charge on any atom is 0.255 e. The molecule has 2 aromatic rings. The summed E-state index contributed by atoms with van der Waals surface area (Å²) in [6, 6.07) is 10.6. The minimum absolute atomic E-state index is 0.0208. The molecule has 6 nitrogen and oxygen atoms in total. The van der Waals surface area contributed by atoms with Crippen LogP contribution in [0, 0.1) is 0 Å². The van der Waals surface area contributed by atoms with Crippen LogP contribution in [0.5, 0.6) is 0 Å². The maximum atomic E-state index is 12.2. The predicted octanol–water partition coefficient (Wildman–Crippen LogP) is 2.37. The van der Waals surface area contributed by atoms with Gasteiger partial charge in [-0.1, -0.05) is 0 Å². The Morgan fingerprint density at radius 1 is 1.16 bits per heavy atom. The topological polar surface area (TPSA) is 83.1 Å². The zero-order chi connectivity index (χ0) is 17.5. The second kappa shape index (κ2) is 8.64. The van der Waals surface area contributed by atoms with Gasteiger partial charge in [0.25, 0.3) is 5.91 Å². The van der Waals surface area contributed by atoms with E-state index in [9.17, 15) is 9.59 Å². The molecule has 1 unspecified atom stereocenters. The molecule has 1 atom stereocenters. The summed E-state index contributed by atoms with van der Waals surface area (Å²) in [5, 5.41) is 8.99. The number of amides is 2. The Labute approximate surface area is 150 Å². The minimum Gasteiger partial charge on any atom is -0.326 e. The van der Waals surface area contributed by atoms with E-state index < -0.39 is 0 Å². The zero-order valence-corrected chi connectivity index (χ0v) is 14.5. The SMILES string of the molecule is O=C(CC1CSCCN1)Nc1ccc(C(=O)Nc2cccnc2)cc1. The van der Waals surface area contributed by atoms with Crippen molar-refractivity contribution in [2.75, 3.05) is 28.7 Å². The first kappa shape index (κ1) is 17.4. The summed E-state index contributed by atoms with van der Waals surface area (Å²) in [5.74, 6) is 1.82. The monoisotopic (exact) mass is 356 g/mol. The highest BCUT2D eigenvalue weighted by atomic mass is 32.2. The fraction of sp³-hybridized carbons (Fsp3) is 0.278. The highest BCUT2D eigenvalue weighted by Crippen LogP contribution is 2.14. The Hall–Kier alpha value is -2.38. The average Bonchev–Trinajstić information content (AvgIpc) is 2.64. The number of carbonyl (C=O) groups is 2. The molecule has 2 heterocycles. The molecule has 0 saturated carbocycles. The van der Waals surface area contributed by atoms with Crippen molar-refractivity contribution < 1.29 is 9.59 Å². The second-order valence-electron chi connectivity index (χ2n) is 5.75. The number of nitrogens with one attached hydrogen (secondary N) is 3. The van der Waals surface area contributed by atoms with Crippen molar-refractivity contribution in [1.82, 2.24) is 10.3 Å². The van der Waals surface area contributed by atoms with Crippen LogP contribution in [-0.2, 0) is 4.79 Å². The number of anilines is 2. The van der Waals surface area contributed by atoms with E-state index in [0.717, 1.165) is 18.1 Å². The van der Waals surface area contributed by atoms with Gasteiger partial charge in [-0.25, -0.2) is 0 Å². The summed E-state index contributed by atoms with van der Waals surface area (Å²) in [6.07, 6.45) is 3.69. The van der Waals surface area contributed by atoms with Gasteiger partial charge in [-0.05, 0) is 36.4 Å². The first-order valence-corrected chi connectivity index (χ1v) is 9.28. The standard InChI is InChI=1S/C18H20N4O2S/c23-17(10-16-12-25-9-8-20-16)21-14-5-3-13(4-6-14)18(24)22-15-2-1-7-19-11-15/h1-7,11,16,20H,8-10,12H2,(H,21,23)(H,22,24). The number of benzene rings is 1. The number of hydrogen-bond acceptors (Lipinski definition) is 5. The van der Waals surface area contributed by atoms with Gasteiger partial charge in [0.1, 0.15) is 0 Å². The first-order valence-electron chi connectivity index (χ1n) is 8.13. The van der Waals surface area contributed by atoms with Gasteiger partial charge >= 0.3 is 0 Å². The van der Waals surface area contributed by atoms with Crippen LogP contribution in [0.3, 0.4) is 0 Å². The lowest BCUT2D eigenvalue weighted by Gasteiger charge is -2.22. The lowest BCUT2D eigenvalue weighted by atomic mass is 10.1. The van der Waals surface area contributed by atoms with Crippen LogP contribution in [0.15, 0.2) is 48.8 Å². The molecule has 0 bridgehead atoms. The number of rotatable bonds is 5. The predicted molar refractivity (Wildman–Crippen MR) is 101 cm³/mol. The fourth-order valence-electron chi connectivity index (χ4n) is 2.53. The Kier molecular flexibility index (Phi) is 6.03. The van der Waals surface area contributed by atoms with E-state index >= 15 is 0 Å². The zero-order valence-electron chi connectivity index (χ0n) is 13.7. The molecule has 1 aromatic heterocycles. The summed E-state index contributed by atoms with van der Waals surface area (Å²) in [6.45, 7) is 0.948. The summed E-state index contributed by atoms with van der Waals surface area (Å²) in [5.41, 5.74) is 1.85. The van der Waals surface area contributed by atoms with Gasteiger partial charge < -0.3 is 16.0 Å². The molecular weight excluding hydrogens is 336 g/mol. The number of carbonyl (C=O) groups excluding carboxylic acids is 2. The van der Waals surface area contributed by atoms with Gasteiger partial charge in [0.15, 0.2) is 0 Å². The Morgan fingerprint density at radius 3 is 2.68 bits per heavy atom. The molecule has 1 aliphatic rings. The molecule has 1 aromatic carbocycles. The largest absolute Gasteiger partial charge is 0.326 e. The summed E-state index contributed by atoms with van der Waals surface area (Å²) in [4.78, 5) is 28.2. The summed E-state index contributed by atoms with van der Waals surface area (Å²) < 4.78 is 0. The molecule has 3 rings (SSSR count). The molecule has 2 amide bonds. The van der Waals surface area contributed by atoms with Crippen LogP contribution < -0.4 is 16.0 Å². The molecule has 0 aliphatic carbocycles. The quantitative estimate of drug-likeness (QED) is 0.766. The summed E-state index contributed by atoms with van der Waals surface area (Å²) in [7, 11) is 0. The van der Waals surface area contributed by atoms with Gasteiger partial charge in [0, 0.05) is 48.0 Å². The van der Waals surface area contributed by atoms with E-state index in [1.54, 1.807) is 48.8 Å². The van der Waals surface area contributed by atoms with Crippen LogP contribution in [0.1, 0.15) is 16.8 Å². The van der Waals surface area contributed by atoms with Crippen molar-refractivity contribution >= 4 is 35.0 Å². The van der Waals surface area contributed by atoms with Gasteiger partial charge in [-0.15, -0.1) is 0 Å². The van der Waals surface area contributed by atoms with Crippen LogP contribution in [-0.4, -0.2) is 40.9 Å². The molecular formula is C18H20N4O2S. The fourth-order valence-corrected chi connectivity index (χ4v) is 3.48. The normalized spacial score (nSPS) is 16.9. The van der Waals surface area contributed by atoms with Gasteiger partial charge in [-0.2, -0.15) is 11.8 Å². The van der Waals surface area contributed by atoms with E-state index in [1.165, 1.54) is 0 Å². The van der Waals surface area contributed by atoms with E-state index in [4.69, 9.17) is 0 Å². The Balaban J connectivity index is 1.52. The molecule has 7 heteroatoms. The molecule has 130 valence electrons. The number of thioether (sulfide) groups is 1. The third kappa shape index (κ3) is 5.30. The molecule has 1 saturated heterocycles. The number of nitrogens with zero attached hydrogens (tertiary/aromatic N) is 1. The van der Waals surface area contributed by atoms with Crippen molar-refractivity contribution in [1.29, 1.82) is 0 Å². The van der Waals surface area contributed by atoms with Crippen molar-refractivity contribution in [2.24, 2.45) is 0 Å². The van der Waals surface area contributed by atoms with Crippen molar-refractivity contribution in [3.63, 3.8) is 0 Å². The van der Waals surface area contributed by atoms with Crippen LogP contribution in [0.4, 0.5) is 11.4 Å². The van der Waals surface area contributed by atoms with E-state index in [1.807, 2.05) is 11.8 Å². The molecule has 0 spiro atoms. The second-order valence-corrected chi connectivity index (χ2v) is 6.90. The average molecular weight is 356 g/mol. The third-order valence-electron chi connectivity index (χ3n) is 3.78. The van der Waals surface area contributed by atoms with Crippen molar-refractivity contribution in [3.05, 3.63) is 54.4 Å². The van der Waals surface area contributed by atoms with Crippen molar-refractivity contribution in [3.8, 4) is 0 Å². The summed E-state index contributed by atoms with van der Waals surface area (Å²) >= 11 is 1.87. The molecule has 1 aliphatic heterocycles. The molecule has 25 heavy (non-hydrogen) atoms. The number of aromatic nitrogens is 1. The highest BCUT2D eigenvalue weighted by molar-refractivity contribution is 7.99. The molecule has 0 radical (unpaired) electrons. The van der Waals surface area contributed by atoms with Gasteiger partial charge in [-0.3, -0.25) is 14.6 Å². The Bertz CT molecular complexity index is 716. The minimum atomic E-state index is -0.214. The number of pyridine rings is 1. The van der Waals surface area contributed by atoms with Crippen molar-refractivity contribution in [2.45, 2.75) is 12.5 Å². The first-order chi connectivity index (χ1) is 12.2. The Morgan fingerprint density at radius 2 is 2.00 bits per heavy atom. The molecule has 1 fully saturated rings. The third-order valence-corrected chi connectivity index (χ3v) is 4.91. The van der Waals surface area contributed by atoms with E-state index in [0.29, 0.717) is 23.4 Å². The highest BCUT2D eigenvalue weighted by Gasteiger charge is 2.16. The van der Waals surface area contributed by atoms with Crippen LogP contribution in [0.2, 0.25) is 0 Å².